The highest BCUT2D eigenvalue weighted by Gasteiger charge is 2.10. The van der Waals surface area contributed by atoms with Crippen molar-refractivity contribution in [1.29, 1.82) is 0 Å². The van der Waals surface area contributed by atoms with Crippen LogP contribution in [0.3, 0.4) is 0 Å². The quantitative estimate of drug-likeness (QED) is 0.621. The van der Waals surface area contributed by atoms with Crippen molar-refractivity contribution in [2.45, 2.75) is 19.3 Å². The van der Waals surface area contributed by atoms with Gasteiger partial charge in [-0.3, -0.25) is 4.79 Å². The molecule has 14 heavy (non-hydrogen) atoms. The van der Waals surface area contributed by atoms with Crippen LogP contribution in [0, 0.1) is 0 Å². The number of allylic oxidation sites excluding steroid dienone is 2. The maximum atomic E-state index is 10.9. The summed E-state index contributed by atoms with van der Waals surface area (Å²) in [7, 11) is 0. The second-order valence-electron chi connectivity index (χ2n) is 3.25. The summed E-state index contributed by atoms with van der Waals surface area (Å²) < 4.78 is 0. The lowest BCUT2D eigenvalue weighted by Gasteiger charge is -2.05. The molecular formula is C10H17NO2S. The second-order valence-corrected chi connectivity index (χ2v) is 4.48. The lowest BCUT2D eigenvalue weighted by atomic mass is 10.3. The van der Waals surface area contributed by atoms with Gasteiger partial charge in [0.05, 0.1) is 0 Å². The van der Waals surface area contributed by atoms with E-state index in [4.69, 9.17) is 5.11 Å². The van der Waals surface area contributed by atoms with Crippen LogP contribution in [-0.2, 0) is 4.79 Å². The van der Waals surface area contributed by atoms with Gasteiger partial charge >= 0.3 is 0 Å². The van der Waals surface area contributed by atoms with Gasteiger partial charge in [-0.25, -0.2) is 0 Å². The maximum Gasteiger partial charge on any atom is 0.157 e. The average molecular weight is 215 g/mol. The van der Waals surface area contributed by atoms with E-state index in [2.05, 4.69) is 5.32 Å². The maximum absolute atomic E-state index is 10.9. The third-order valence-corrected chi connectivity index (χ3v) is 3.09. The van der Waals surface area contributed by atoms with Crippen molar-refractivity contribution in [3.63, 3.8) is 0 Å². The lowest BCUT2D eigenvalue weighted by Crippen LogP contribution is -2.15. The molecule has 0 unspecified atom stereocenters. The zero-order valence-electron chi connectivity index (χ0n) is 8.29. The predicted molar refractivity (Wildman–Crippen MR) is 59.4 cm³/mol. The SMILES string of the molecule is O=C1C=C(NCCSCCCO)CC1. The molecular weight excluding hydrogens is 198 g/mol. The van der Waals surface area contributed by atoms with Crippen molar-refractivity contribution in [3.8, 4) is 0 Å². The Kier molecular flexibility index (Phi) is 5.71. The Balaban J connectivity index is 1.94. The molecule has 0 amide bonds. The van der Waals surface area contributed by atoms with Gasteiger partial charge in [0.15, 0.2) is 5.78 Å². The molecule has 0 saturated heterocycles. The summed E-state index contributed by atoms with van der Waals surface area (Å²) in [6, 6.07) is 0. The number of hydrogen-bond donors (Lipinski definition) is 2. The number of carbonyl (C=O) groups excluding carboxylic acids is 1. The first kappa shape index (κ1) is 11.6. The van der Waals surface area contributed by atoms with E-state index in [1.807, 2.05) is 11.8 Å². The molecule has 0 heterocycles. The molecule has 0 aromatic rings. The number of aliphatic hydroxyl groups is 1. The molecule has 2 N–H and O–H groups in total. The average Bonchev–Trinajstić information content (AvgIpc) is 2.58. The molecule has 0 atom stereocenters. The van der Waals surface area contributed by atoms with Crippen LogP contribution in [0.4, 0.5) is 0 Å². The van der Waals surface area contributed by atoms with E-state index in [1.165, 1.54) is 0 Å². The summed E-state index contributed by atoms with van der Waals surface area (Å²) in [5.41, 5.74) is 1.08. The van der Waals surface area contributed by atoms with Crippen LogP contribution in [-0.4, -0.2) is 35.5 Å². The standard InChI is InChI=1S/C10H17NO2S/c12-5-1-6-14-7-4-11-9-2-3-10(13)8-9/h8,11-12H,1-7H2. The number of rotatable bonds is 7. The lowest BCUT2D eigenvalue weighted by molar-refractivity contribution is -0.114. The van der Waals surface area contributed by atoms with E-state index in [0.717, 1.165) is 36.6 Å². The van der Waals surface area contributed by atoms with E-state index in [1.54, 1.807) is 6.08 Å². The number of carbonyl (C=O) groups is 1. The Morgan fingerprint density at radius 3 is 2.93 bits per heavy atom. The largest absolute Gasteiger partial charge is 0.396 e. The van der Waals surface area contributed by atoms with Gasteiger partial charge in [0, 0.05) is 37.1 Å². The Morgan fingerprint density at radius 2 is 2.29 bits per heavy atom. The minimum atomic E-state index is 0.237. The smallest absolute Gasteiger partial charge is 0.157 e. The molecule has 0 spiro atoms. The predicted octanol–water partition coefficient (Wildman–Crippen LogP) is 0.938. The normalized spacial score (nSPS) is 15.8. The molecule has 0 saturated carbocycles. The Morgan fingerprint density at radius 1 is 1.43 bits per heavy atom. The van der Waals surface area contributed by atoms with Crippen molar-refractivity contribution in [3.05, 3.63) is 11.8 Å². The van der Waals surface area contributed by atoms with Gasteiger partial charge < -0.3 is 10.4 Å². The fourth-order valence-electron chi connectivity index (χ4n) is 1.29. The van der Waals surface area contributed by atoms with Crippen LogP contribution in [0.1, 0.15) is 19.3 Å². The molecule has 0 aliphatic heterocycles. The van der Waals surface area contributed by atoms with Crippen molar-refractivity contribution < 1.29 is 9.90 Å². The summed E-state index contributed by atoms with van der Waals surface area (Å²) >= 11 is 1.83. The van der Waals surface area contributed by atoms with Crippen LogP contribution in [0.5, 0.6) is 0 Å². The fraction of sp³-hybridized carbons (Fsp3) is 0.700. The first-order valence-corrected chi connectivity index (χ1v) is 6.14. The molecule has 0 bridgehead atoms. The third-order valence-electron chi connectivity index (χ3n) is 2.02. The summed E-state index contributed by atoms with van der Waals surface area (Å²) in [5, 5.41) is 11.8. The highest BCUT2D eigenvalue weighted by molar-refractivity contribution is 7.99. The van der Waals surface area contributed by atoms with E-state index < -0.39 is 0 Å². The summed E-state index contributed by atoms with van der Waals surface area (Å²) in [4.78, 5) is 10.9. The van der Waals surface area contributed by atoms with Gasteiger partial charge in [-0.05, 0) is 18.6 Å². The molecule has 0 radical (unpaired) electrons. The highest BCUT2D eigenvalue weighted by Crippen LogP contribution is 2.11. The number of nitrogens with one attached hydrogen (secondary N) is 1. The van der Waals surface area contributed by atoms with Crippen LogP contribution in [0.2, 0.25) is 0 Å². The highest BCUT2D eigenvalue weighted by atomic mass is 32.2. The van der Waals surface area contributed by atoms with Crippen LogP contribution in [0.15, 0.2) is 11.8 Å². The molecule has 0 fully saturated rings. The van der Waals surface area contributed by atoms with Gasteiger partial charge in [0.25, 0.3) is 0 Å². The van der Waals surface area contributed by atoms with Crippen molar-refractivity contribution in [1.82, 2.24) is 5.32 Å². The number of ketones is 1. The minimum Gasteiger partial charge on any atom is -0.396 e. The van der Waals surface area contributed by atoms with Gasteiger partial charge in [-0.15, -0.1) is 0 Å². The van der Waals surface area contributed by atoms with E-state index in [-0.39, 0.29) is 12.4 Å². The zero-order chi connectivity index (χ0) is 10.2. The molecule has 1 aliphatic carbocycles. The number of aliphatic hydroxyl groups excluding tert-OH is 1. The van der Waals surface area contributed by atoms with Crippen molar-refractivity contribution >= 4 is 17.5 Å². The number of thioether (sulfide) groups is 1. The molecule has 4 heteroatoms. The molecule has 0 aromatic carbocycles. The Hall–Kier alpha value is -0.480. The zero-order valence-corrected chi connectivity index (χ0v) is 9.11. The van der Waals surface area contributed by atoms with Gasteiger partial charge in [0.1, 0.15) is 0 Å². The Labute approximate surface area is 89.0 Å². The van der Waals surface area contributed by atoms with E-state index in [9.17, 15) is 4.79 Å². The topological polar surface area (TPSA) is 49.3 Å². The molecule has 0 aromatic heterocycles. The summed E-state index contributed by atoms with van der Waals surface area (Å²) in [6.45, 7) is 1.19. The molecule has 1 aliphatic rings. The van der Waals surface area contributed by atoms with E-state index in [0.29, 0.717) is 6.42 Å². The van der Waals surface area contributed by atoms with Gasteiger partial charge in [-0.2, -0.15) is 11.8 Å². The number of hydrogen-bond acceptors (Lipinski definition) is 4. The van der Waals surface area contributed by atoms with Crippen LogP contribution in [0.25, 0.3) is 0 Å². The second kappa shape index (κ2) is 6.90. The monoisotopic (exact) mass is 215 g/mol. The fourth-order valence-corrected chi connectivity index (χ4v) is 2.07. The first-order valence-electron chi connectivity index (χ1n) is 4.99. The first-order chi connectivity index (χ1) is 6.83. The molecule has 80 valence electrons. The summed E-state index contributed by atoms with van der Waals surface area (Å²) in [6.07, 6.45) is 4.12. The minimum absolute atomic E-state index is 0.237. The Bertz CT molecular complexity index is 216. The molecule has 1 rings (SSSR count). The van der Waals surface area contributed by atoms with Crippen LogP contribution < -0.4 is 5.32 Å². The van der Waals surface area contributed by atoms with Crippen molar-refractivity contribution in [2.24, 2.45) is 0 Å². The summed E-state index contributed by atoms with van der Waals surface area (Å²) in [5.74, 6) is 2.28. The molecule has 3 nitrogen and oxygen atoms in total. The van der Waals surface area contributed by atoms with Crippen LogP contribution >= 0.6 is 11.8 Å². The van der Waals surface area contributed by atoms with Gasteiger partial charge in [0.2, 0.25) is 0 Å². The van der Waals surface area contributed by atoms with Gasteiger partial charge in [-0.1, -0.05) is 0 Å². The third kappa shape index (κ3) is 4.67. The van der Waals surface area contributed by atoms with Crippen molar-refractivity contribution in [2.75, 3.05) is 24.7 Å². The van der Waals surface area contributed by atoms with E-state index >= 15 is 0 Å².